The molecule has 1 aromatic carbocycles. The molecule has 0 fully saturated rings. The van der Waals surface area contributed by atoms with Crippen LogP contribution in [0.3, 0.4) is 0 Å². The lowest BCUT2D eigenvalue weighted by Gasteiger charge is -2.05. The number of nitrogens with one attached hydrogen (secondary N) is 1. The van der Waals surface area contributed by atoms with Crippen molar-refractivity contribution >= 4 is 15.7 Å². The molecule has 0 atom stereocenters. The minimum absolute atomic E-state index is 0.0667. The third kappa shape index (κ3) is 3.71. The molecular formula is C14H15NO5S. The molecule has 1 N–H and O–H groups in total. The number of carbonyl (C=O) groups is 1. The van der Waals surface area contributed by atoms with Crippen molar-refractivity contribution in [2.75, 3.05) is 6.61 Å². The summed E-state index contributed by atoms with van der Waals surface area (Å²) in [6, 6.07) is 9.50. The molecule has 7 heteroatoms. The maximum atomic E-state index is 12.3. The van der Waals surface area contributed by atoms with E-state index in [1.807, 2.05) is 0 Å². The number of carbonyl (C=O) groups excluding carboxylic acids is 1. The van der Waals surface area contributed by atoms with Gasteiger partial charge in [-0.2, -0.15) is 0 Å². The molecule has 2 aromatic rings. The maximum absolute atomic E-state index is 12.3. The first kappa shape index (κ1) is 15.3. The van der Waals surface area contributed by atoms with Gasteiger partial charge in [-0.3, -0.25) is 9.63 Å². The molecule has 0 aliphatic heterocycles. The number of hydroxylamine groups is 1. The number of amides is 1. The highest BCUT2D eigenvalue weighted by Crippen LogP contribution is 2.19. The Labute approximate surface area is 122 Å². The van der Waals surface area contributed by atoms with Crippen molar-refractivity contribution in [1.29, 1.82) is 0 Å². The maximum Gasteiger partial charge on any atom is 0.310 e. The second-order valence-corrected chi connectivity index (χ2v) is 6.20. The molecule has 0 unspecified atom stereocenters. The normalized spacial score (nSPS) is 11.3. The van der Waals surface area contributed by atoms with Crippen LogP contribution in [0.1, 0.15) is 23.0 Å². The van der Waals surface area contributed by atoms with Crippen LogP contribution >= 0.6 is 0 Å². The van der Waals surface area contributed by atoms with Crippen molar-refractivity contribution in [1.82, 2.24) is 5.48 Å². The molecule has 0 spiro atoms. The van der Waals surface area contributed by atoms with Crippen LogP contribution < -0.4 is 5.48 Å². The van der Waals surface area contributed by atoms with Crippen LogP contribution in [0.5, 0.6) is 0 Å². The highest BCUT2D eigenvalue weighted by molar-refractivity contribution is 7.90. The van der Waals surface area contributed by atoms with Crippen molar-refractivity contribution in [3.63, 3.8) is 0 Å². The summed E-state index contributed by atoms with van der Waals surface area (Å²) < 4.78 is 29.6. The van der Waals surface area contributed by atoms with E-state index >= 15 is 0 Å². The van der Waals surface area contributed by atoms with Gasteiger partial charge in [-0.15, -0.1) is 0 Å². The predicted octanol–water partition coefficient (Wildman–Crippen LogP) is 1.93. The Kier molecular flexibility index (Phi) is 4.77. The number of sulfone groups is 1. The third-order valence-corrected chi connectivity index (χ3v) is 4.39. The van der Waals surface area contributed by atoms with Crippen LogP contribution in [0.4, 0.5) is 0 Å². The van der Waals surface area contributed by atoms with Crippen molar-refractivity contribution in [3.05, 3.63) is 54.0 Å². The Morgan fingerprint density at radius 1 is 1.24 bits per heavy atom. The van der Waals surface area contributed by atoms with Gasteiger partial charge in [0, 0.05) is 5.56 Å². The highest BCUT2D eigenvalue weighted by atomic mass is 32.2. The Hall–Kier alpha value is -2.12. The number of hydrogen-bond donors (Lipinski definition) is 1. The zero-order valence-electron chi connectivity index (χ0n) is 11.4. The van der Waals surface area contributed by atoms with E-state index in [9.17, 15) is 13.2 Å². The van der Waals surface area contributed by atoms with Crippen molar-refractivity contribution in [2.45, 2.75) is 17.6 Å². The third-order valence-electron chi connectivity index (χ3n) is 2.71. The first-order chi connectivity index (χ1) is 10.0. The molecule has 2 rings (SSSR count). The summed E-state index contributed by atoms with van der Waals surface area (Å²) >= 11 is 0. The molecule has 0 saturated carbocycles. The summed E-state index contributed by atoms with van der Waals surface area (Å²) in [7, 11) is -3.54. The Morgan fingerprint density at radius 2 is 1.95 bits per heavy atom. The van der Waals surface area contributed by atoms with Gasteiger partial charge in [0.25, 0.3) is 0 Å². The van der Waals surface area contributed by atoms with Gasteiger partial charge in [-0.1, -0.05) is 18.2 Å². The summed E-state index contributed by atoms with van der Waals surface area (Å²) in [4.78, 5) is 16.8. The number of rotatable bonds is 6. The minimum atomic E-state index is -3.54. The largest absolute Gasteiger partial charge is 0.459 e. The van der Waals surface area contributed by atoms with Gasteiger partial charge in [-0.05, 0) is 25.1 Å². The first-order valence-corrected chi connectivity index (χ1v) is 7.96. The molecule has 1 aromatic heterocycles. The predicted molar refractivity (Wildman–Crippen MR) is 75.1 cm³/mol. The number of hydrogen-bond acceptors (Lipinski definition) is 5. The van der Waals surface area contributed by atoms with Crippen LogP contribution in [-0.4, -0.2) is 20.9 Å². The topological polar surface area (TPSA) is 85.6 Å². The lowest BCUT2D eigenvalue weighted by atomic mass is 10.3. The van der Waals surface area contributed by atoms with E-state index in [0.717, 1.165) is 0 Å². The average Bonchev–Trinajstić information content (AvgIpc) is 2.93. The SMILES string of the molecule is CCONC(=O)c1occc1CS(=O)(=O)c1ccccc1. The molecule has 6 nitrogen and oxygen atoms in total. The quantitative estimate of drug-likeness (QED) is 0.824. The Morgan fingerprint density at radius 3 is 2.62 bits per heavy atom. The summed E-state index contributed by atoms with van der Waals surface area (Å²) in [6.07, 6.45) is 1.27. The Bertz CT molecular complexity index is 706. The first-order valence-electron chi connectivity index (χ1n) is 6.31. The van der Waals surface area contributed by atoms with Crippen LogP contribution in [0.15, 0.2) is 52.0 Å². The van der Waals surface area contributed by atoms with Gasteiger partial charge < -0.3 is 4.42 Å². The van der Waals surface area contributed by atoms with Crippen molar-refractivity contribution in [3.8, 4) is 0 Å². The molecule has 0 radical (unpaired) electrons. The summed E-state index contributed by atoms with van der Waals surface area (Å²) in [5.74, 6) is -0.995. The van der Waals surface area contributed by atoms with E-state index in [1.54, 1.807) is 25.1 Å². The zero-order chi connectivity index (χ0) is 15.3. The lowest BCUT2D eigenvalue weighted by Crippen LogP contribution is -2.24. The van der Waals surface area contributed by atoms with Crippen LogP contribution in [0, 0.1) is 0 Å². The van der Waals surface area contributed by atoms with Crippen LogP contribution in [0.2, 0.25) is 0 Å². The fraction of sp³-hybridized carbons (Fsp3) is 0.214. The second kappa shape index (κ2) is 6.55. The second-order valence-electron chi connectivity index (χ2n) is 4.21. The van der Waals surface area contributed by atoms with Crippen molar-refractivity contribution in [2.24, 2.45) is 0 Å². The average molecular weight is 309 g/mol. The van der Waals surface area contributed by atoms with Gasteiger partial charge >= 0.3 is 5.91 Å². The van der Waals surface area contributed by atoms with Crippen molar-refractivity contribution < 1.29 is 22.5 Å². The van der Waals surface area contributed by atoms with Gasteiger partial charge in [0.2, 0.25) is 0 Å². The van der Waals surface area contributed by atoms with E-state index < -0.39 is 15.7 Å². The fourth-order valence-electron chi connectivity index (χ4n) is 1.75. The minimum Gasteiger partial charge on any atom is -0.459 e. The highest BCUT2D eigenvalue weighted by Gasteiger charge is 2.22. The molecule has 0 aliphatic rings. The zero-order valence-corrected chi connectivity index (χ0v) is 12.2. The van der Waals surface area contributed by atoms with E-state index in [-0.39, 0.29) is 22.0 Å². The molecule has 112 valence electrons. The molecule has 0 aliphatic carbocycles. The monoisotopic (exact) mass is 309 g/mol. The standard InChI is InChI=1S/C14H15NO5S/c1-2-20-15-14(16)13-11(8-9-19-13)10-21(17,18)12-6-4-3-5-7-12/h3-9H,2,10H2,1H3,(H,15,16). The summed E-state index contributed by atoms with van der Waals surface area (Å²) in [6.45, 7) is 2.01. The molecule has 0 bridgehead atoms. The van der Waals surface area contributed by atoms with Crippen LogP contribution in [0.25, 0.3) is 0 Å². The molecule has 1 heterocycles. The smallest absolute Gasteiger partial charge is 0.310 e. The van der Waals surface area contributed by atoms with Gasteiger partial charge in [0.05, 0.1) is 23.5 Å². The molecule has 21 heavy (non-hydrogen) atoms. The molecule has 0 saturated heterocycles. The summed E-state index contributed by atoms with van der Waals surface area (Å²) in [5, 5.41) is 0. The molecule has 1 amide bonds. The lowest BCUT2D eigenvalue weighted by molar-refractivity contribution is 0.0339. The summed E-state index contributed by atoms with van der Waals surface area (Å²) in [5.41, 5.74) is 2.46. The van der Waals surface area contributed by atoms with E-state index in [2.05, 4.69) is 5.48 Å². The van der Waals surface area contributed by atoms with E-state index in [0.29, 0.717) is 6.61 Å². The van der Waals surface area contributed by atoms with Gasteiger partial charge in [0.15, 0.2) is 15.6 Å². The fourth-order valence-corrected chi connectivity index (χ4v) is 3.12. The van der Waals surface area contributed by atoms with E-state index in [4.69, 9.17) is 9.25 Å². The van der Waals surface area contributed by atoms with Crippen LogP contribution in [-0.2, 0) is 20.4 Å². The Balaban J connectivity index is 2.21. The van der Waals surface area contributed by atoms with E-state index in [1.165, 1.54) is 24.5 Å². The number of furan rings is 1. The van der Waals surface area contributed by atoms with Gasteiger partial charge in [-0.25, -0.2) is 13.9 Å². The molecular weight excluding hydrogens is 294 g/mol. The van der Waals surface area contributed by atoms with Gasteiger partial charge in [0.1, 0.15) is 0 Å². The number of benzene rings is 1.